The Morgan fingerprint density at radius 2 is 2.09 bits per heavy atom. The van der Waals surface area contributed by atoms with E-state index in [1.807, 2.05) is 48.7 Å². The van der Waals surface area contributed by atoms with Gasteiger partial charge in [0.05, 0.1) is 16.8 Å². The molecule has 1 saturated carbocycles. The van der Waals surface area contributed by atoms with E-state index in [1.165, 1.54) is 11.3 Å². The summed E-state index contributed by atoms with van der Waals surface area (Å²) in [6.07, 6.45) is 1.56. The summed E-state index contributed by atoms with van der Waals surface area (Å²) >= 11 is 1.43. The van der Waals surface area contributed by atoms with Crippen LogP contribution in [-0.4, -0.2) is 16.0 Å². The van der Waals surface area contributed by atoms with Crippen LogP contribution in [0.5, 0.6) is 0 Å². The topological polar surface area (TPSA) is 68.0 Å². The van der Waals surface area contributed by atoms with Crippen molar-refractivity contribution in [2.24, 2.45) is 0 Å². The molecule has 0 radical (unpaired) electrons. The van der Waals surface area contributed by atoms with Crippen LogP contribution in [0.2, 0.25) is 0 Å². The highest BCUT2D eigenvalue weighted by Crippen LogP contribution is 2.49. The summed E-state index contributed by atoms with van der Waals surface area (Å²) < 4.78 is 5.44. The molecule has 1 fully saturated rings. The molecule has 2 aromatic heterocycles. The molecule has 1 aromatic carbocycles. The molecule has 5 nitrogen and oxygen atoms in total. The number of nitrogens with zero attached hydrogens (tertiary/aromatic N) is 2. The van der Waals surface area contributed by atoms with E-state index in [4.69, 9.17) is 4.52 Å². The molecule has 1 N–H and O–H groups in total. The van der Waals surface area contributed by atoms with Crippen molar-refractivity contribution in [2.45, 2.75) is 25.2 Å². The van der Waals surface area contributed by atoms with Crippen LogP contribution in [0.4, 0.5) is 5.13 Å². The molecule has 23 heavy (non-hydrogen) atoms. The molecular weight excluding hydrogens is 310 g/mol. The predicted molar refractivity (Wildman–Crippen MR) is 88.3 cm³/mol. The number of carbonyl (C=O) groups is 1. The molecule has 116 valence electrons. The highest BCUT2D eigenvalue weighted by Gasteiger charge is 2.54. The maximum atomic E-state index is 12.6. The number of rotatable bonds is 4. The third-order valence-corrected chi connectivity index (χ3v) is 4.96. The van der Waals surface area contributed by atoms with Crippen LogP contribution in [0.25, 0.3) is 11.3 Å². The summed E-state index contributed by atoms with van der Waals surface area (Å²) in [5.41, 5.74) is 1.99. The molecule has 2 heterocycles. The number of thiazole rings is 1. The van der Waals surface area contributed by atoms with Crippen LogP contribution >= 0.6 is 11.3 Å². The highest BCUT2D eigenvalue weighted by molar-refractivity contribution is 7.13. The van der Waals surface area contributed by atoms with Crippen molar-refractivity contribution < 1.29 is 9.32 Å². The Morgan fingerprint density at radius 3 is 2.74 bits per heavy atom. The van der Waals surface area contributed by atoms with Crippen molar-refractivity contribution in [1.29, 1.82) is 0 Å². The lowest BCUT2D eigenvalue weighted by Crippen LogP contribution is -2.28. The number of amides is 1. The minimum atomic E-state index is -0.573. The van der Waals surface area contributed by atoms with E-state index in [9.17, 15) is 4.79 Å². The maximum absolute atomic E-state index is 12.6. The van der Waals surface area contributed by atoms with Crippen molar-refractivity contribution in [3.05, 3.63) is 53.2 Å². The van der Waals surface area contributed by atoms with E-state index in [0.29, 0.717) is 16.6 Å². The minimum absolute atomic E-state index is 0.0558. The van der Waals surface area contributed by atoms with E-state index in [-0.39, 0.29) is 5.91 Å². The zero-order valence-electron chi connectivity index (χ0n) is 12.6. The van der Waals surface area contributed by atoms with Gasteiger partial charge in [-0.3, -0.25) is 4.79 Å². The molecule has 1 aliphatic carbocycles. The van der Waals surface area contributed by atoms with Crippen molar-refractivity contribution >= 4 is 22.4 Å². The SMILES string of the molecule is Cc1csc(NC(=O)C2(c3cc(-c4ccccc4)on3)CC2)n1. The molecule has 3 aromatic rings. The highest BCUT2D eigenvalue weighted by atomic mass is 32.1. The fourth-order valence-electron chi connectivity index (χ4n) is 2.59. The second-order valence-corrected chi connectivity index (χ2v) is 6.63. The summed E-state index contributed by atoms with van der Waals surface area (Å²) in [5, 5.41) is 9.59. The lowest BCUT2D eigenvalue weighted by atomic mass is 10.0. The molecule has 0 bridgehead atoms. The Balaban J connectivity index is 1.57. The molecule has 1 amide bonds. The van der Waals surface area contributed by atoms with Gasteiger partial charge in [-0.2, -0.15) is 0 Å². The van der Waals surface area contributed by atoms with Crippen LogP contribution in [0.15, 0.2) is 46.3 Å². The lowest BCUT2D eigenvalue weighted by Gasteiger charge is -2.10. The van der Waals surface area contributed by atoms with Crippen molar-refractivity contribution in [3.63, 3.8) is 0 Å². The van der Waals surface area contributed by atoms with Crippen molar-refractivity contribution in [3.8, 4) is 11.3 Å². The third-order valence-electron chi connectivity index (χ3n) is 4.08. The predicted octanol–water partition coefficient (Wildman–Crippen LogP) is 3.78. The van der Waals surface area contributed by atoms with Gasteiger partial charge in [0.25, 0.3) is 0 Å². The second kappa shape index (κ2) is 5.31. The van der Waals surface area contributed by atoms with Gasteiger partial charge in [0.1, 0.15) is 0 Å². The van der Waals surface area contributed by atoms with Gasteiger partial charge >= 0.3 is 0 Å². The summed E-state index contributed by atoms with van der Waals surface area (Å²) in [7, 11) is 0. The van der Waals surface area contributed by atoms with Crippen LogP contribution in [-0.2, 0) is 10.2 Å². The van der Waals surface area contributed by atoms with Gasteiger partial charge in [0, 0.05) is 17.0 Å². The number of aromatic nitrogens is 2. The van der Waals surface area contributed by atoms with Crippen LogP contribution in [0, 0.1) is 6.92 Å². The molecule has 0 aliphatic heterocycles. The number of anilines is 1. The molecular formula is C17H15N3O2S. The number of carbonyl (C=O) groups excluding carboxylic acids is 1. The van der Waals surface area contributed by atoms with Gasteiger partial charge < -0.3 is 9.84 Å². The molecule has 0 atom stereocenters. The third kappa shape index (κ3) is 2.55. The fraction of sp³-hybridized carbons (Fsp3) is 0.235. The van der Waals surface area contributed by atoms with Gasteiger partial charge in [-0.1, -0.05) is 35.5 Å². The minimum Gasteiger partial charge on any atom is -0.356 e. The standard InChI is InChI=1S/C17H15N3O2S/c1-11-10-23-16(18-11)19-15(21)17(7-8-17)14-9-13(22-20-14)12-5-3-2-4-6-12/h2-6,9-10H,7-8H2,1H3,(H,18,19,21). The molecule has 6 heteroatoms. The van der Waals surface area contributed by atoms with Crippen molar-refractivity contribution in [2.75, 3.05) is 5.32 Å². The number of hydrogen-bond donors (Lipinski definition) is 1. The van der Waals surface area contributed by atoms with Gasteiger partial charge in [-0.25, -0.2) is 4.98 Å². The number of benzene rings is 1. The summed E-state index contributed by atoms with van der Waals surface area (Å²) in [5.74, 6) is 0.629. The molecule has 1 aliphatic rings. The quantitative estimate of drug-likeness (QED) is 0.792. The zero-order chi connectivity index (χ0) is 15.9. The zero-order valence-corrected chi connectivity index (χ0v) is 13.4. The van der Waals surface area contributed by atoms with Crippen molar-refractivity contribution in [1.82, 2.24) is 10.1 Å². The summed E-state index contributed by atoms with van der Waals surface area (Å²) in [6.45, 7) is 1.91. The van der Waals surface area contributed by atoms with Crippen LogP contribution in [0.3, 0.4) is 0 Å². The average molecular weight is 325 g/mol. The Bertz CT molecular complexity index is 850. The first-order valence-electron chi connectivity index (χ1n) is 7.44. The monoisotopic (exact) mass is 325 g/mol. The van der Waals surface area contributed by atoms with Gasteiger partial charge in [-0.15, -0.1) is 11.3 Å². The second-order valence-electron chi connectivity index (χ2n) is 5.77. The number of aryl methyl sites for hydroxylation is 1. The first kappa shape index (κ1) is 14.1. The van der Waals surface area contributed by atoms with E-state index in [0.717, 1.165) is 24.1 Å². The Morgan fingerprint density at radius 1 is 1.30 bits per heavy atom. The summed E-state index contributed by atoms with van der Waals surface area (Å²) in [6, 6.07) is 11.6. The normalized spacial score (nSPS) is 15.3. The van der Waals surface area contributed by atoms with E-state index >= 15 is 0 Å². The summed E-state index contributed by atoms with van der Waals surface area (Å²) in [4.78, 5) is 16.9. The smallest absolute Gasteiger partial charge is 0.238 e. The van der Waals surface area contributed by atoms with E-state index < -0.39 is 5.41 Å². The van der Waals surface area contributed by atoms with Crippen LogP contribution in [0.1, 0.15) is 24.2 Å². The molecule has 0 spiro atoms. The Labute approximate surface area is 137 Å². The fourth-order valence-corrected chi connectivity index (χ4v) is 3.28. The Hall–Kier alpha value is -2.47. The molecule has 4 rings (SSSR count). The Kier molecular flexibility index (Phi) is 3.27. The lowest BCUT2D eigenvalue weighted by molar-refractivity contribution is -0.118. The van der Waals surface area contributed by atoms with Gasteiger partial charge in [0.2, 0.25) is 5.91 Å². The maximum Gasteiger partial charge on any atom is 0.238 e. The molecule has 0 unspecified atom stereocenters. The first-order chi connectivity index (χ1) is 11.2. The van der Waals surface area contributed by atoms with E-state index in [2.05, 4.69) is 15.5 Å². The largest absolute Gasteiger partial charge is 0.356 e. The molecule has 0 saturated heterocycles. The average Bonchev–Trinajstić information content (AvgIpc) is 3.04. The van der Waals surface area contributed by atoms with Gasteiger partial charge in [-0.05, 0) is 19.8 Å². The first-order valence-corrected chi connectivity index (χ1v) is 8.31. The van der Waals surface area contributed by atoms with E-state index in [1.54, 1.807) is 0 Å². The van der Waals surface area contributed by atoms with Crippen LogP contribution < -0.4 is 5.32 Å². The number of hydrogen-bond acceptors (Lipinski definition) is 5. The van der Waals surface area contributed by atoms with Gasteiger partial charge in [0.15, 0.2) is 10.9 Å². The number of nitrogens with one attached hydrogen (secondary N) is 1.